The quantitative estimate of drug-likeness (QED) is 0.573. The maximum atomic E-state index is 6.10. The van der Waals surface area contributed by atoms with Crippen molar-refractivity contribution in [2.45, 2.75) is 50.9 Å². The summed E-state index contributed by atoms with van der Waals surface area (Å²) in [6.45, 7) is 4.45. The molecule has 140 valence electrons. The molecule has 0 bridgehead atoms. The molecule has 0 aromatic carbocycles. The molecule has 2 aliphatic heterocycles. The summed E-state index contributed by atoms with van der Waals surface area (Å²) in [6, 6.07) is 4.23. The van der Waals surface area contributed by atoms with E-state index in [1.165, 1.54) is 21.5 Å². The summed E-state index contributed by atoms with van der Waals surface area (Å²) in [7, 11) is 1.86. The molecular weight excluding hydrogens is 402 g/mol. The molecule has 0 saturated carbocycles. The Morgan fingerprint density at radius 1 is 1.36 bits per heavy atom. The number of likely N-dealkylation sites (tertiary alicyclic amines) is 1. The van der Waals surface area contributed by atoms with E-state index in [2.05, 4.69) is 43.3 Å². The Bertz CT molecular complexity index is 552. The lowest BCUT2D eigenvalue weighted by Crippen LogP contribution is -2.47. The van der Waals surface area contributed by atoms with Crippen molar-refractivity contribution in [3.63, 3.8) is 0 Å². The van der Waals surface area contributed by atoms with Crippen molar-refractivity contribution >= 4 is 33.2 Å². The molecule has 2 fully saturated rings. The fraction of sp³-hybridized carbons (Fsp3) is 0.722. The van der Waals surface area contributed by atoms with Gasteiger partial charge in [-0.25, -0.2) is 0 Å². The predicted molar refractivity (Wildman–Crippen MR) is 106 cm³/mol. The van der Waals surface area contributed by atoms with Gasteiger partial charge in [0.25, 0.3) is 0 Å². The fourth-order valence-corrected chi connectivity index (χ4v) is 4.78. The van der Waals surface area contributed by atoms with E-state index in [0.29, 0.717) is 12.2 Å². The largest absolute Gasteiger partial charge is 0.376 e. The average molecular weight is 430 g/mol. The van der Waals surface area contributed by atoms with Gasteiger partial charge in [0.1, 0.15) is 0 Å². The first-order valence-corrected chi connectivity index (χ1v) is 10.8. The zero-order valence-corrected chi connectivity index (χ0v) is 17.3. The van der Waals surface area contributed by atoms with Crippen LogP contribution in [-0.2, 0) is 16.0 Å². The minimum Gasteiger partial charge on any atom is -0.376 e. The van der Waals surface area contributed by atoms with Crippen molar-refractivity contribution in [3.05, 3.63) is 20.8 Å². The number of hydrogen-bond donors (Lipinski definition) is 1. The summed E-state index contributed by atoms with van der Waals surface area (Å²) in [5.41, 5.74) is 0. The second-order valence-corrected chi connectivity index (χ2v) is 9.16. The number of nitrogens with zero attached hydrogens (tertiary/aromatic N) is 2. The molecule has 3 rings (SSSR count). The Kier molecular flexibility index (Phi) is 7.58. The maximum Gasteiger partial charge on any atom is 0.193 e. The Labute approximate surface area is 162 Å². The minimum atomic E-state index is 0.311. The third kappa shape index (κ3) is 5.94. The number of hydrogen-bond acceptors (Lipinski definition) is 4. The number of piperidine rings is 1. The van der Waals surface area contributed by atoms with Crippen LogP contribution in [0.3, 0.4) is 0 Å². The van der Waals surface area contributed by atoms with Crippen LogP contribution in [0.1, 0.15) is 37.0 Å². The van der Waals surface area contributed by atoms with Crippen LogP contribution in [0.2, 0.25) is 0 Å². The molecule has 0 aliphatic carbocycles. The number of halogens is 1. The van der Waals surface area contributed by atoms with Gasteiger partial charge in [-0.2, -0.15) is 0 Å². The number of thiophene rings is 1. The molecule has 1 aromatic rings. The number of nitrogens with one attached hydrogen (secondary N) is 1. The lowest BCUT2D eigenvalue weighted by Gasteiger charge is -2.35. The molecule has 0 radical (unpaired) electrons. The number of ether oxygens (including phenoxy) is 2. The highest BCUT2D eigenvalue weighted by atomic mass is 79.9. The van der Waals surface area contributed by atoms with Gasteiger partial charge in [-0.3, -0.25) is 4.99 Å². The van der Waals surface area contributed by atoms with Crippen LogP contribution < -0.4 is 5.32 Å². The highest BCUT2D eigenvalue weighted by Gasteiger charge is 2.23. The highest BCUT2D eigenvalue weighted by Crippen LogP contribution is 2.22. The average Bonchev–Trinajstić information content (AvgIpc) is 3.07. The lowest BCUT2D eigenvalue weighted by molar-refractivity contribution is -0.0721. The predicted octanol–water partition coefficient (Wildman–Crippen LogP) is 3.64. The van der Waals surface area contributed by atoms with E-state index in [-0.39, 0.29) is 0 Å². The Morgan fingerprint density at radius 3 is 2.84 bits per heavy atom. The van der Waals surface area contributed by atoms with Crippen LogP contribution in [0.15, 0.2) is 20.9 Å². The Hall–Kier alpha value is -0.630. The monoisotopic (exact) mass is 429 g/mol. The van der Waals surface area contributed by atoms with Crippen LogP contribution >= 0.6 is 27.3 Å². The molecule has 1 unspecified atom stereocenters. The normalized spacial score (nSPS) is 23.0. The molecule has 0 amide bonds. The smallest absolute Gasteiger partial charge is 0.193 e. The molecule has 2 saturated heterocycles. The highest BCUT2D eigenvalue weighted by molar-refractivity contribution is 9.11. The van der Waals surface area contributed by atoms with Gasteiger partial charge in [0.05, 0.1) is 29.1 Å². The zero-order chi connectivity index (χ0) is 17.5. The molecule has 25 heavy (non-hydrogen) atoms. The molecular formula is C18H28BrN3O2S. The topological polar surface area (TPSA) is 46.1 Å². The summed E-state index contributed by atoms with van der Waals surface area (Å²) in [6.07, 6.45) is 6.39. The molecule has 1 atom stereocenters. The van der Waals surface area contributed by atoms with Crippen LogP contribution in [-0.4, -0.2) is 56.4 Å². The molecule has 0 spiro atoms. The standard InChI is InChI=1S/C18H28BrN3O2S/c1-20-18(21-12-16-5-6-17(19)25-16)22-9-7-14(8-10-22)24-13-15-4-2-3-11-23-15/h5-6,14-15H,2-4,7-13H2,1H3,(H,20,21). The minimum absolute atomic E-state index is 0.311. The van der Waals surface area contributed by atoms with Crippen molar-refractivity contribution in [3.8, 4) is 0 Å². The van der Waals surface area contributed by atoms with E-state index in [9.17, 15) is 0 Å². The van der Waals surface area contributed by atoms with E-state index in [4.69, 9.17) is 9.47 Å². The van der Waals surface area contributed by atoms with Crippen molar-refractivity contribution < 1.29 is 9.47 Å². The number of guanidine groups is 1. The molecule has 1 aromatic heterocycles. The molecule has 1 N–H and O–H groups in total. The van der Waals surface area contributed by atoms with Crippen LogP contribution in [0, 0.1) is 0 Å². The third-order valence-corrected chi connectivity index (χ3v) is 6.42. The zero-order valence-electron chi connectivity index (χ0n) is 14.9. The Balaban J connectivity index is 1.37. The van der Waals surface area contributed by atoms with Gasteiger partial charge in [0.15, 0.2) is 5.96 Å². The molecule has 5 nitrogen and oxygen atoms in total. The van der Waals surface area contributed by atoms with Crippen molar-refractivity contribution in [1.82, 2.24) is 10.2 Å². The number of rotatable bonds is 5. The first kappa shape index (κ1) is 19.1. The van der Waals surface area contributed by atoms with Gasteiger partial charge >= 0.3 is 0 Å². The second-order valence-electron chi connectivity index (χ2n) is 6.61. The van der Waals surface area contributed by atoms with Crippen molar-refractivity contribution in [2.24, 2.45) is 4.99 Å². The molecule has 3 heterocycles. The lowest BCUT2D eigenvalue weighted by atomic mass is 10.1. The van der Waals surface area contributed by atoms with Gasteiger partial charge in [-0.05, 0) is 60.2 Å². The molecule has 7 heteroatoms. The van der Waals surface area contributed by atoms with E-state index in [1.807, 2.05) is 7.05 Å². The van der Waals surface area contributed by atoms with Crippen LogP contribution in [0.4, 0.5) is 0 Å². The Morgan fingerprint density at radius 2 is 2.20 bits per heavy atom. The summed E-state index contributed by atoms with van der Waals surface area (Å²) < 4.78 is 13.0. The van der Waals surface area contributed by atoms with Crippen LogP contribution in [0.25, 0.3) is 0 Å². The SMILES string of the molecule is CN=C(NCc1ccc(Br)s1)N1CCC(OCC2CCCCO2)CC1. The summed E-state index contributed by atoms with van der Waals surface area (Å²) >= 11 is 5.27. The van der Waals surface area contributed by atoms with Gasteiger partial charge < -0.3 is 19.7 Å². The van der Waals surface area contributed by atoms with Crippen molar-refractivity contribution in [2.75, 3.05) is 33.4 Å². The second kappa shape index (κ2) is 9.90. The summed E-state index contributed by atoms with van der Waals surface area (Å²) in [4.78, 5) is 8.08. The number of aliphatic imine (C=N–C) groups is 1. The summed E-state index contributed by atoms with van der Waals surface area (Å²) in [5, 5.41) is 3.47. The van der Waals surface area contributed by atoms with E-state index in [0.717, 1.165) is 58.1 Å². The van der Waals surface area contributed by atoms with Gasteiger partial charge in [-0.15, -0.1) is 11.3 Å². The van der Waals surface area contributed by atoms with E-state index >= 15 is 0 Å². The fourth-order valence-electron chi connectivity index (χ4n) is 3.36. The van der Waals surface area contributed by atoms with Gasteiger partial charge in [0, 0.05) is 31.6 Å². The van der Waals surface area contributed by atoms with Gasteiger partial charge in [0.2, 0.25) is 0 Å². The van der Waals surface area contributed by atoms with Gasteiger partial charge in [-0.1, -0.05) is 0 Å². The van der Waals surface area contributed by atoms with Crippen molar-refractivity contribution in [1.29, 1.82) is 0 Å². The van der Waals surface area contributed by atoms with E-state index in [1.54, 1.807) is 11.3 Å². The van der Waals surface area contributed by atoms with E-state index < -0.39 is 0 Å². The first-order chi connectivity index (χ1) is 12.2. The maximum absolute atomic E-state index is 6.10. The van der Waals surface area contributed by atoms with Crippen LogP contribution in [0.5, 0.6) is 0 Å². The third-order valence-electron chi connectivity index (χ3n) is 4.79. The summed E-state index contributed by atoms with van der Waals surface area (Å²) in [5.74, 6) is 0.985. The molecule has 2 aliphatic rings. The first-order valence-electron chi connectivity index (χ1n) is 9.17.